The highest BCUT2D eigenvalue weighted by molar-refractivity contribution is 6.32. The zero-order chi connectivity index (χ0) is 27.5. The molecule has 0 spiro atoms. The maximum Gasteiger partial charge on any atom is 0.274 e. The van der Waals surface area contributed by atoms with Crippen LogP contribution >= 0.6 is 23.2 Å². The lowest BCUT2D eigenvalue weighted by Gasteiger charge is -2.32. The van der Waals surface area contributed by atoms with Crippen molar-refractivity contribution in [3.05, 3.63) is 99.9 Å². The molecule has 1 saturated heterocycles. The number of aromatic nitrogens is 2. The number of nitrogens with two attached hydrogens (primary N) is 1. The lowest BCUT2D eigenvalue weighted by Crippen LogP contribution is -2.42. The van der Waals surface area contributed by atoms with Gasteiger partial charge in [0.15, 0.2) is 5.69 Å². The van der Waals surface area contributed by atoms with Gasteiger partial charge in [-0.3, -0.25) is 9.59 Å². The van der Waals surface area contributed by atoms with Crippen molar-refractivity contribution < 1.29 is 18.7 Å². The Bertz CT molecular complexity index is 1520. The Labute approximate surface area is 234 Å². The maximum atomic E-state index is 13.8. The monoisotopic (exact) mass is 566 g/mol. The van der Waals surface area contributed by atoms with E-state index in [1.165, 1.54) is 12.1 Å². The number of hydrogen-bond donors (Lipinski definition) is 1. The number of hydrogen-bond acceptors (Lipinski definition) is 4. The molecular weight excluding hydrogens is 542 g/mol. The summed E-state index contributed by atoms with van der Waals surface area (Å²) in [5, 5.41) is 5.66. The summed E-state index contributed by atoms with van der Waals surface area (Å²) in [6.07, 6.45) is 0.764. The second-order valence-corrected chi connectivity index (χ2v) is 10.1. The molecule has 1 aliphatic rings. The smallest absolute Gasteiger partial charge is 0.274 e. The van der Waals surface area contributed by atoms with Crippen molar-refractivity contribution in [3.8, 4) is 22.7 Å². The zero-order valence-corrected chi connectivity index (χ0v) is 22.3. The second-order valence-electron chi connectivity index (χ2n) is 9.26. The lowest BCUT2D eigenvalue weighted by atomic mass is 10.0. The van der Waals surface area contributed by atoms with Crippen LogP contribution in [0.3, 0.4) is 0 Å². The van der Waals surface area contributed by atoms with Crippen LogP contribution in [0.15, 0.2) is 72.8 Å². The summed E-state index contributed by atoms with van der Waals surface area (Å²) in [4.78, 5) is 27.7. The van der Waals surface area contributed by atoms with Crippen molar-refractivity contribution >= 4 is 35.0 Å². The van der Waals surface area contributed by atoms with Crippen LogP contribution in [0.1, 0.15) is 28.9 Å². The van der Waals surface area contributed by atoms with E-state index in [1.54, 1.807) is 64.2 Å². The molecule has 2 heterocycles. The average Bonchev–Trinajstić information content (AvgIpc) is 3.27. The fourth-order valence-corrected chi connectivity index (χ4v) is 5.07. The predicted molar refractivity (Wildman–Crippen MR) is 148 cm³/mol. The number of primary amides is 1. The van der Waals surface area contributed by atoms with E-state index in [9.17, 15) is 14.0 Å². The number of amides is 2. The molecule has 0 radical (unpaired) electrons. The van der Waals surface area contributed by atoms with Crippen LogP contribution in [0, 0.1) is 5.82 Å². The van der Waals surface area contributed by atoms with Crippen LogP contribution in [0.4, 0.5) is 4.39 Å². The van der Waals surface area contributed by atoms with E-state index in [-0.39, 0.29) is 29.9 Å². The molecule has 0 unspecified atom stereocenters. The summed E-state index contributed by atoms with van der Waals surface area (Å²) >= 11 is 12.7. The zero-order valence-electron chi connectivity index (χ0n) is 20.8. The van der Waals surface area contributed by atoms with Gasteiger partial charge in [-0.2, -0.15) is 5.10 Å². The first-order valence-corrected chi connectivity index (χ1v) is 13.2. The minimum absolute atomic E-state index is 0.128. The van der Waals surface area contributed by atoms with Gasteiger partial charge in [-0.05, 0) is 36.4 Å². The summed E-state index contributed by atoms with van der Waals surface area (Å²) < 4.78 is 21.0. The van der Waals surface area contributed by atoms with E-state index < -0.39 is 5.91 Å². The van der Waals surface area contributed by atoms with Crippen LogP contribution in [-0.2, 0) is 11.2 Å². The minimum atomic E-state index is -0.597. The minimum Gasteiger partial charge on any atom is -0.490 e. The highest BCUT2D eigenvalue weighted by atomic mass is 35.5. The van der Waals surface area contributed by atoms with E-state index in [0.717, 1.165) is 0 Å². The molecule has 10 heteroatoms. The van der Waals surface area contributed by atoms with Crippen molar-refractivity contribution in [1.29, 1.82) is 0 Å². The number of para-hydroxylation sites is 1. The van der Waals surface area contributed by atoms with Crippen LogP contribution in [-0.4, -0.2) is 45.7 Å². The van der Waals surface area contributed by atoms with Crippen LogP contribution in [0.2, 0.25) is 10.0 Å². The first-order chi connectivity index (χ1) is 18.8. The highest BCUT2D eigenvalue weighted by Crippen LogP contribution is 2.34. The van der Waals surface area contributed by atoms with Crippen molar-refractivity contribution in [2.45, 2.75) is 25.4 Å². The maximum absolute atomic E-state index is 13.8. The number of carbonyl (C=O) groups excluding carboxylic acids is 2. The molecule has 2 amide bonds. The van der Waals surface area contributed by atoms with Crippen LogP contribution < -0.4 is 10.5 Å². The van der Waals surface area contributed by atoms with Crippen LogP contribution in [0.5, 0.6) is 5.75 Å². The van der Waals surface area contributed by atoms with Gasteiger partial charge in [-0.25, -0.2) is 9.07 Å². The van der Waals surface area contributed by atoms with E-state index in [0.29, 0.717) is 64.2 Å². The molecule has 5 rings (SSSR count). The summed E-state index contributed by atoms with van der Waals surface area (Å²) in [6, 6.07) is 20.1. The van der Waals surface area contributed by atoms with E-state index in [2.05, 4.69) is 0 Å². The third-order valence-corrected chi connectivity index (χ3v) is 7.13. The average molecular weight is 567 g/mol. The van der Waals surface area contributed by atoms with Gasteiger partial charge in [0.25, 0.3) is 5.91 Å². The third kappa shape index (κ3) is 5.92. The lowest BCUT2D eigenvalue weighted by molar-refractivity contribution is -0.117. The molecule has 0 saturated carbocycles. The Morgan fingerprint density at radius 1 is 1.00 bits per heavy atom. The first-order valence-electron chi connectivity index (χ1n) is 12.4. The number of ether oxygens (including phenoxy) is 1. The van der Waals surface area contributed by atoms with E-state index >= 15 is 0 Å². The molecule has 1 fully saturated rings. The fourth-order valence-electron chi connectivity index (χ4n) is 4.73. The summed E-state index contributed by atoms with van der Waals surface area (Å²) in [7, 11) is 0. The Morgan fingerprint density at radius 3 is 2.38 bits per heavy atom. The molecule has 7 nitrogen and oxygen atoms in total. The molecule has 3 aromatic carbocycles. The second kappa shape index (κ2) is 11.5. The normalized spacial score (nSPS) is 13.9. The Morgan fingerprint density at radius 2 is 1.72 bits per heavy atom. The highest BCUT2D eigenvalue weighted by Gasteiger charge is 2.32. The number of rotatable bonds is 7. The molecule has 0 atom stereocenters. The Kier molecular flexibility index (Phi) is 7.86. The Hall–Kier alpha value is -3.88. The quantitative estimate of drug-likeness (QED) is 0.311. The van der Waals surface area contributed by atoms with Gasteiger partial charge >= 0.3 is 0 Å². The number of piperidine rings is 1. The molecule has 4 aromatic rings. The number of halogens is 3. The summed E-state index contributed by atoms with van der Waals surface area (Å²) in [5.41, 5.74) is 7.95. The largest absolute Gasteiger partial charge is 0.490 e. The standard InChI is InChI=1S/C29H25Cl2FN4O3/c30-19-10-8-18(9-11-19)28-23(17-26(33)37)27(34-36(28)25-7-2-1-6-24(25)31)29(38)35-14-12-21(13-15-35)39-22-5-3-4-20(32)16-22/h1-11,16,21H,12-15,17H2,(H2,33,37). The molecule has 1 aliphatic heterocycles. The molecular formula is C29H25Cl2FN4O3. The first kappa shape index (κ1) is 26.7. The molecule has 0 aliphatic carbocycles. The van der Waals surface area contributed by atoms with Gasteiger partial charge in [0.05, 0.1) is 22.8 Å². The molecule has 200 valence electrons. The third-order valence-electron chi connectivity index (χ3n) is 6.56. The van der Waals surface area contributed by atoms with Gasteiger partial charge < -0.3 is 15.4 Å². The van der Waals surface area contributed by atoms with E-state index in [4.69, 9.17) is 38.8 Å². The van der Waals surface area contributed by atoms with Crippen molar-refractivity contribution in [3.63, 3.8) is 0 Å². The SMILES string of the molecule is NC(=O)Cc1c(C(=O)N2CCC(Oc3cccc(F)c3)CC2)nn(-c2ccccc2Cl)c1-c1ccc(Cl)cc1. The van der Waals surface area contributed by atoms with Gasteiger partial charge in [0.1, 0.15) is 17.7 Å². The fraction of sp³-hybridized carbons (Fsp3) is 0.207. The molecule has 39 heavy (non-hydrogen) atoms. The number of benzene rings is 3. The van der Waals surface area contributed by atoms with Gasteiger partial charge in [-0.15, -0.1) is 0 Å². The van der Waals surface area contributed by atoms with Crippen LogP contribution in [0.25, 0.3) is 16.9 Å². The van der Waals surface area contributed by atoms with Gasteiger partial charge in [0.2, 0.25) is 5.91 Å². The summed E-state index contributed by atoms with van der Waals surface area (Å²) in [5.74, 6) is -0.834. The Balaban J connectivity index is 1.49. The molecule has 1 aromatic heterocycles. The van der Waals surface area contributed by atoms with E-state index in [1.807, 2.05) is 6.07 Å². The van der Waals surface area contributed by atoms with Crippen molar-refractivity contribution in [1.82, 2.24) is 14.7 Å². The van der Waals surface area contributed by atoms with Gasteiger partial charge in [0, 0.05) is 48.1 Å². The van der Waals surface area contributed by atoms with Crippen molar-refractivity contribution in [2.75, 3.05) is 13.1 Å². The number of nitrogens with zero attached hydrogens (tertiary/aromatic N) is 3. The van der Waals surface area contributed by atoms with Gasteiger partial charge in [-0.1, -0.05) is 53.5 Å². The molecule has 2 N–H and O–H groups in total. The van der Waals surface area contributed by atoms with Crippen molar-refractivity contribution in [2.24, 2.45) is 5.73 Å². The number of likely N-dealkylation sites (tertiary alicyclic amines) is 1. The topological polar surface area (TPSA) is 90.5 Å². The summed E-state index contributed by atoms with van der Waals surface area (Å²) in [6.45, 7) is 0.814. The molecule has 0 bridgehead atoms. The predicted octanol–water partition coefficient (Wildman–Crippen LogP) is 5.70. The number of carbonyl (C=O) groups is 2.